The van der Waals surface area contributed by atoms with E-state index in [9.17, 15) is 4.79 Å². The van der Waals surface area contributed by atoms with Gasteiger partial charge in [0.15, 0.2) is 0 Å². The maximum Gasteiger partial charge on any atom is 0.322 e. The van der Waals surface area contributed by atoms with Crippen molar-refractivity contribution in [3.63, 3.8) is 0 Å². The second kappa shape index (κ2) is 7.65. The van der Waals surface area contributed by atoms with Gasteiger partial charge in [-0.25, -0.2) is 0 Å². The molecule has 0 saturated heterocycles. The molecule has 0 heterocycles. The van der Waals surface area contributed by atoms with Gasteiger partial charge in [-0.05, 0) is 38.9 Å². The first-order chi connectivity index (χ1) is 6.97. The zero-order valence-corrected chi connectivity index (χ0v) is 10.3. The van der Waals surface area contributed by atoms with Crippen LogP contribution in [0.25, 0.3) is 0 Å². The Hall–Kier alpha value is -0.610. The number of carbonyl (C=O) groups is 1. The van der Waals surface area contributed by atoms with Crippen LogP contribution in [0.3, 0.4) is 0 Å². The minimum Gasteiger partial charge on any atom is -0.468 e. The van der Waals surface area contributed by atoms with Crippen molar-refractivity contribution in [2.45, 2.75) is 32.7 Å². The zero-order chi connectivity index (χ0) is 11.8. The van der Waals surface area contributed by atoms with Crippen LogP contribution >= 0.6 is 0 Å². The molecule has 0 aromatic carbocycles. The molecule has 0 rings (SSSR count). The average Bonchev–Trinajstić information content (AvgIpc) is 2.21. The van der Waals surface area contributed by atoms with Crippen LogP contribution in [0.1, 0.15) is 26.7 Å². The Kier molecular flexibility index (Phi) is 7.34. The molecule has 4 nitrogen and oxygen atoms in total. The Morgan fingerprint density at radius 1 is 1.33 bits per heavy atom. The molecule has 0 aromatic heterocycles. The van der Waals surface area contributed by atoms with E-state index >= 15 is 0 Å². The molecule has 4 heteroatoms. The first-order valence-electron chi connectivity index (χ1n) is 5.49. The summed E-state index contributed by atoms with van der Waals surface area (Å²) >= 11 is 0. The van der Waals surface area contributed by atoms with E-state index in [0.29, 0.717) is 12.3 Å². The van der Waals surface area contributed by atoms with Crippen molar-refractivity contribution in [2.75, 3.05) is 27.2 Å². The molecule has 0 fully saturated rings. The molecular weight excluding hydrogens is 192 g/mol. The molecule has 90 valence electrons. The largest absolute Gasteiger partial charge is 0.468 e. The summed E-state index contributed by atoms with van der Waals surface area (Å²) in [6.07, 6.45) is 1.82. The number of nitrogens with two attached hydrogens (primary N) is 1. The van der Waals surface area contributed by atoms with Gasteiger partial charge >= 0.3 is 5.97 Å². The molecule has 2 N–H and O–H groups in total. The zero-order valence-electron chi connectivity index (χ0n) is 10.3. The number of hydrogen-bond acceptors (Lipinski definition) is 4. The van der Waals surface area contributed by atoms with Crippen LogP contribution in [-0.4, -0.2) is 44.2 Å². The Morgan fingerprint density at radius 3 is 2.33 bits per heavy atom. The molecule has 0 radical (unpaired) electrons. The standard InChI is InChI=1S/C11H24N2O2/c1-9(2)5-7-13(3)8-6-10(12)11(14)15-4/h9-10H,5-8,12H2,1-4H3. The van der Waals surface area contributed by atoms with Crippen molar-refractivity contribution < 1.29 is 9.53 Å². The Bertz CT molecular complexity index is 183. The van der Waals surface area contributed by atoms with Crippen molar-refractivity contribution >= 4 is 5.97 Å². The van der Waals surface area contributed by atoms with Gasteiger partial charge in [0, 0.05) is 0 Å². The molecule has 0 bridgehead atoms. The minimum atomic E-state index is -0.489. The fraction of sp³-hybridized carbons (Fsp3) is 0.909. The van der Waals surface area contributed by atoms with Gasteiger partial charge in [0.1, 0.15) is 6.04 Å². The van der Waals surface area contributed by atoms with E-state index < -0.39 is 6.04 Å². The van der Waals surface area contributed by atoms with Crippen molar-refractivity contribution in [1.29, 1.82) is 0 Å². The third-order valence-electron chi connectivity index (χ3n) is 2.41. The van der Waals surface area contributed by atoms with Crippen molar-refractivity contribution in [1.82, 2.24) is 4.90 Å². The Labute approximate surface area is 92.8 Å². The van der Waals surface area contributed by atoms with Crippen LogP contribution in [0.5, 0.6) is 0 Å². The molecule has 15 heavy (non-hydrogen) atoms. The lowest BCUT2D eigenvalue weighted by atomic mass is 10.1. The molecule has 0 aromatic rings. The van der Waals surface area contributed by atoms with E-state index in [-0.39, 0.29) is 5.97 Å². The second-order valence-electron chi connectivity index (χ2n) is 4.40. The fourth-order valence-corrected chi connectivity index (χ4v) is 1.22. The normalized spacial score (nSPS) is 13.3. The topological polar surface area (TPSA) is 55.6 Å². The maximum absolute atomic E-state index is 11.0. The SMILES string of the molecule is COC(=O)C(N)CCN(C)CCC(C)C. The summed E-state index contributed by atoms with van der Waals surface area (Å²) in [6, 6.07) is -0.489. The van der Waals surface area contributed by atoms with Gasteiger partial charge in [0.2, 0.25) is 0 Å². The molecule has 0 spiro atoms. The monoisotopic (exact) mass is 216 g/mol. The van der Waals surface area contributed by atoms with Crippen LogP contribution in [0, 0.1) is 5.92 Å². The number of nitrogens with zero attached hydrogens (tertiary/aromatic N) is 1. The third kappa shape index (κ3) is 7.33. The van der Waals surface area contributed by atoms with Gasteiger partial charge in [-0.2, -0.15) is 0 Å². The van der Waals surface area contributed by atoms with Gasteiger partial charge in [0.05, 0.1) is 7.11 Å². The van der Waals surface area contributed by atoms with Crippen LogP contribution in [0.2, 0.25) is 0 Å². The van der Waals surface area contributed by atoms with Gasteiger partial charge in [0.25, 0.3) is 0 Å². The number of hydrogen-bond donors (Lipinski definition) is 1. The summed E-state index contributed by atoms with van der Waals surface area (Å²) in [5.41, 5.74) is 5.63. The average molecular weight is 216 g/mol. The van der Waals surface area contributed by atoms with E-state index in [1.807, 2.05) is 7.05 Å². The molecule has 1 atom stereocenters. The van der Waals surface area contributed by atoms with E-state index in [1.165, 1.54) is 13.5 Å². The molecule has 0 aliphatic carbocycles. The maximum atomic E-state index is 11.0. The fourth-order valence-electron chi connectivity index (χ4n) is 1.22. The molecule has 0 aliphatic heterocycles. The van der Waals surface area contributed by atoms with E-state index in [1.54, 1.807) is 0 Å². The first kappa shape index (κ1) is 14.4. The van der Waals surface area contributed by atoms with Crippen molar-refractivity contribution in [3.05, 3.63) is 0 Å². The molecular formula is C11H24N2O2. The highest BCUT2D eigenvalue weighted by Gasteiger charge is 2.13. The van der Waals surface area contributed by atoms with E-state index in [0.717, 1.165) is 13.1 Å². The van der Waals surface area contributed by atoms with Crippen LogP contribution in [-0.2, 0) is 9.53 Å². The summed E-state index contributed by atoms with van der Waals surface area (Å²) in [5, 5.41) is 0. The molecule has 0 amide bonds. The predicted molar refractivity (Wildman–Crippen MR) is 61.6 cm³/mol. The number of ether oxygens (including phenoxy) is 1. The molecule has 1 unspecified atom stereocenters. The highest BCUT2D eigenvalue weighted by molar-refractivity contribution is 5.75. The van der Waals surface area contributed by atoms with E-state index in [4.69, 9.17) is 5.73 Å². The highest BCUT2D eigenvalue weighted by Crippen LogP contribution is 2.01. The quantitative estimate of drug-likeness (QED) is 0.641. The highest BCUT2D eigenvalue weighted by atomic mass is 16.5. The number of esters is 1. The summed E-state index contributed by atoms with van der Waals surface area (Å²) in [5.74, 6) is 0.383. The summed E-state index contributed by atoms with van der Waals surface area (Å²) in [6.45, 7) is 6.29. The molecule has 0 aliphatic rings. The summed E-state index contributed by atoms with van der Waals surface area (Å²) < 4.78 is 4.56. The lowest BCUT2D eigenvalue weighted by molar-refractivity contribution is -0.142. The van der Waals surface area contributed by atoms with Crippen molar-refractivity contribution in [2.24, 2.45) is 11.7 Å². The Balaban J connectivity index is 3.61. The van der Waals surface area contributed by atoms with Crippen LogP contribution < -0.4 is 5.73 Å². The third-order valence-corrected chi connectivity index (χ3v) is 2.41. The number of methoxy groups -OCH3 is 1. The Morgan fingerprint density at radius 2 is 1.87 bits per heavy atom. The minimum absolute atomic E-state index is 0.327. The van der Waals surface area contributed by atoms with Crippen LogP contribution in [0.15, 0.2) is 0 Å². The second-order valence-corrected chi connectivity index (χ2v) is 4.40. The lowest BCUT2D eigenvalue weighted by Gasteiger charge is -2.19. The smallest absolute Gasteiger partial charge is 0.322 e. The number of carbonyl (C=O) groups excluding carboxylic acids is 1. The van der Waals surface area contributed by atoms with Crippen molar-refractivity contribution in [3.8, 4) is 0 Å². The summed E-state index contributed by atoms with van der Waals surface area (Å²) in [7, 11) is 3.41. The molecule has 0 saturated carbocycles. The van der Waals surface area contributed by atoms with Gasteiger partial charge < -0.3 is 15.4 Å². The first-order valence-corrected chi connectivity index (χ1v) is 5.49. The predicted octanol–water partition coefficient (Wildman–Crippen LogP) is 0.855. The summed E-state index contributed by atoms with van der Waals surface area (Å²) in [4.78, 5) is 13.2. The van der Waals surface area contributed by atoms with Crippen LogP contribution in [0.4, 0.5) is 0 Å². The van der Waals surface area contributed by atoms with Gasteiger partial charge in [-0.1, -0.05) is 13.8 Å². The number of rotatable bonds is 7. The van der Waals surface area contributed by atoms with Gasteiger partial charge in [-0.3, -0.25) is 4.79 Å². The van der Waals surface area contributed by atoms with E-state index in [2.05, 4.69) is 23.5 Å². The lowest BCUT2D eigenvalue weighted by Crippen LogP contribution is -2.35. The van der Waals surface area contributed by atoms with Gasteiger partial charge in [-0.15, -0.1) is 0 Å².